The van der Waals surface area contributed by atoms with Crippen molar-refractivity contribution in [2.24, 2.45) is 5.92 Å². The number of hydrogen-bond donors (Lipinski definition) is 2. The maximum Gasteiger partial charge on any atom is 0.317 e. The van der Waals surface area contributed by atoms with Crippen LogP contribution in [0.1, 0.15) is 25.7 Å². The molecule has 2 aliphatic rings. The van der Waals surface area contributed by atoms with Crippen molar-refractivity contribution in [3.05, 3.63) is 36.7 Å². The number of benzene rings is 1. The summed E-state index contributed by atoms with van der Waals surface area (Å²) < 4.78 is 28.5. The summed E-state index contributed by atoms with van der Waals surface area (Å²) in [5, 5.41) is 10.6. The minimum absolute atomic E-state index is 0.0248. The molecular weight excluding hydrogens is 366 g/mol. The normalized spacial score (nSPS) is 22.7. The second-order valence-corrected chi connectivity index (χ2v) is 9.25. The zero-order chi connectivity index (χ0) is 19.0. The van der Waals surface area contributed by atoms with Crippen molar-refractivity contribution in [1.82, 2.24) is 14.6 Å². The van der Waals surface area contributed by atoms with Crippen molar-refractivity contribution in [1.29, 1.82) is 0 Å². The molecule has 27 heavy (non-hydrogen) atoms. The zero-order valence-corrected chi connectivity index (χ0v) is 15.7. The van der Waals surface area contributed by atoms with Crippen LogP contribution < -0.4 is 4.72 Å². The van der Waals surface area contributed by atoms with E-state index in [1.165, 1.54) is 0 Å². The second-order valence-electron chi connectivity index (χ2n) is 7.56. The Labute approximate surface area is 158 Å². The lowest BCUT2D eigenvalue weighted by atomic mass is 9.86. The maximum absolute atomic E-state index is 12.9. The lowest BCUT2D eigenvalue weighted by Gasteiger charge is -2.42. The number of hydrogen-bond acceptors (Lipinski definition) is 5. The molecule has 8 heteroatoms. The van der Waals surface area contributed by atoms with Crippen molar-refractivity contribution >= 4 is 26.8 Å². The van der Waals surface area contributed by atoms with Gasteiger partial charge in [-0.05, 0) is 43.7 Å². The highest BCUT2D eigenvalue weighted by Crippen LogP contribution is 2.34. The Bertz CT molecular complexity index is 947. The molecule has 4 rings (SSSR count). The molecule has 1 aromatic heterocycles. The van der Waals surface area contributed by atoms with Gasteiger partial charge >= 0.3 is 5.97 Å². The number of nitrogens with one attached hydrogen (secondary N) is 1. The van der Waals surface area contributed by atoms with E-state index < -0.39 is 16.0 Å². The van der Waals surface area contributed by atoms with Crippen LogP contribution in [0.15, 0.2) is 41.6 Å². The first-order valence-corrected chi connectivity index (χ1v) is 10.7. The molecule has 0 unspecified atom stereocenters. The number of aliphatic carboxylic acids is 1. The van der Waals surface area contributed by atoms with Gasteiger partial charge in [0.25, 0.3) is 0 Å². The molecule has 1 aromatic carbocycles. The monoisotopic (exact) mass is 389 g/mol. The van der Waals surface area contributed by atoms with E-state index in [4.69, 9.17) is 5.11 Å². The Morgan fingerprint density at radius 2 is 2.04 bits per heavy atom. The van der Waals surface area contributed by atoms with Crippen LogP contribution in [-0.2, 0) is 14.8 Å². The SMILES string of the molecule is O=C(O)CN(CC1CC1)C1CC(NS(=O)(=O)c2cccc3cnccc23)C1. The van der Waals surface area contributed by atoms with Gasteiger partial charge in [0.1, 0.15) is 0 Å². The van der Waals surface area contributed by atoms with Gasteiger partial charge in [-0.25, -0.2) is 13.1 Å². The molecule has 2 N–H and O–H groups in total. The summed E-state index contributed by atoms with van der Waals surface area (Å²) in [5.41, 5.74) is 0. The second kappa shape index (κ2) is 7.18. The number of sulfonamides is 1. The lowest BCUT2D eigenvalue weighted by molar-refractivity contribution is -0.139. The number of carboxylic acid groups (broad SMARTS) is 1. The van der Waals surface area contributed by atoms with E-state index in [-0.39, 0.29) is 23.5 Å². The summed E-state index contributed by atoms with van der Waals surface area (Å²) in [4.78, 5) is 17.4. The maximum atomic E-state index is 12.9. The third-order valence-corrected chi connectivity index (χ3v) is 6.99. The number of aromatic nitrogens is 1. The van der Waals surface area contributed by atoms with E-state index in [1.807, 2.05) is 11.0 Å². The van der Waals surface area contributed by atoms with Crippen molar-refractivity contribution < 1.29 is 18.3 Å². The highest BCUT2D eigenvalue weighted by molar-refractivity contribution is 7.89. The quantitative estimate of drug-likeness (QED) is 0.715. The Balaban J connectivity index is 1.43. The van der Waals surface area contributed by atoms with E-state index in [0.29, 0.717) is 24.1 Å². The van der Waals surface area contributed by atoms with E-state index in [9.17, 15) is 13.2 Å². The standard InChI is InChI=1S/C19H23N3O4S/c23-19(24)12-22(11-13-4-5-13)16-8-15(9-16)21-27(25,26)18-3-1-2-14-10-20-7-6-17(14)18/h1-3,6-7,10,13,15-16,21H,4-5,8-9,11-12H2,(H,23,24). The van der Waals surface area contributed by atoms with Crippen molar-refractivity contribution in [3.63, 3.8) is 0 Å². The van der Waals surface area contributed by atoms with Gasteiger partial charge in [0.2, 0.25) is 10.0 Å². The summed E-state index contributed by atoms with van der Waals surface area (Å²) in [6.07, 6.45) is 6.85. The number of carbonyl (C=O) groups is 1. The summed E-state index contributed by atoms with van der Waals surface area (Å²) in [7, 11) is -3.64. The molecule has 0 spiro atoms. The van der Waals surface area contributed by atoms with Crippen LogP contribution in [0, 0.1) is 5.92 Å². The number of pyridine rings is 1. The van der Waals surface area contributed by atoms with Crippen LogP contribution in [0.25, 0.3) is 10.8 Å². The Kier molecular flexibility index (Phi) is 4.88. The van der Waals surface area contributed by atoms with Gasteiger partial charge in [0.05, 0.1) is 11.4 Å². The highest BCUT2D eigenvalue weighted by atomic mass is 32.2. The molecule has 2 aromatic rings. The van der Waals surface area contributed by atoms with Gasteiger partial charge < -0.3 is 5.11 Å². The molecule has 2 saturated carbocycles. The Morgan fingerprint density at radius 3 is 2.74 bits per heavy atom. The van der Waals surface area contributed by atoms with Crippen molar-refractivity contribution in [2.45, 2.75) is 42.7 Å². The number of fused-ring (bicyclic) bond motifs is 1. The van der Waals surface area contributed by atoms with Gasteiger partial charge in [-0.3, -0.25) is 14.7 Å². The van der Waals surface area contributed by atoms with E-state index in [1.54, 1.807) is 30.6 Å². The Hall–Kier alpha value is -2.03. The third-order valence-electron chi connectivity index (χ3n) is 5.41. The molecular formula is C19H23N3O4S. The predicted molar refractivity (Wildman–Crippen MR) is 101 cm³/mol. The van der Waals surface area contributed by atoms with Crippen LogP contribution in [0.2, 0.25) is 0 Å². The highest BCUT2D eigenvalue weighted by Gasteiger charge is 2.39. The number of carboxylic acids is 1. The van der Waals surface area contributed by atoms with Gasteiger partial charge in [-0.2, -0.15) is 0 Å². The molecule has 1 heterocycles. The van der Waals surface area contributed by atoms with Gasteiger partial charge in [0, 0.05) is 41.8 Å². The smallest absolute Gasteiger partial charge is 0.317 e. The number of rotatable bonds is 8. The first-order valence-electron chi connectivity index (χ1n) is 9.23. The topological polar surface area (TPSA) is 99.6 Å². The molecule has 0 aliphatic heterocycles. The van der Waals surface area contributed by atoms with Crippen molar-refractivity contribution in [2.75, 3.05) is 13.1 Å². The molecule has 2 fully saturated rings. The van der Waals surface area contributed by atoms with E-state index in [0.717, 1.165) is 24.8 Å². The fourth-order valence-electron chi connectivity index (χ4n) is 3.74. The van der Waals surface area contributed by atoms with Crippen LogP contribution in [-0.4, -0.2) is 54.6 Å². The summed E-state index contributed by atoms with van der Waals surface area (Å²) in [5.74, 6) is -0.228. The first-order chi connectivity index (χ1) is 12.9. The Morgan fingerprint density at radius 1 is 1.26 bits per heavy atom. The lowest BCUT2D eigenvalue weighted by Crippen LogP contribution is -2.55. The molecule has 2 aliphatic carbocycles. The summed E-state index contributed by atoms with van der Waals surface area (Å²) in [6.45, 7) is 0.823. The van der Waals surface area contributed by atoms with Crippen LogP contribution in [0.5, 0.6) is 0 Å². The van der Waals surface area contributed by atoms with Gasteiger partial charge in [0.15, 0.2) is 0 Å². The van der Waals surface area contributed by atoms with E-state index in [2.05, 4.69) is 9.71 Å². The molecule has 7 nitrogen and oxygen atoms in total. The number of nitrogens with zero attached hydrogens (tertiary/aromatic N) is 2. The zero-order valence-electron chi connectivity index (χ0n) is 14.9. The third kappa shape index (κ3) is 4.12. The largest absolute Gasteiger partial charge is 0.480 e. The van der Waals surface area contributed by atoms with Crippen LogP contribution in [0.3, 0.4) is 0 Å². The minimum atomic E-state index is -3.64. The molecule has 144 valence electrons. The van der Waals surface area contributed by atoms with Crippen LogP contribution >= 0.6 is 0 Å². The molecule has 0 saturated heterocycles. The fourth-order valence-corrected chi connectivity index (χ4v) is 5.23. The molecule has 0 bridgehead atoms. The van der Waals surface area contributed by atoms with Gasteiger partial charge in [-0.1, -0.05) is 12.1 Å². The first kappa shape index (κ1) is 18.3. The molecule has 0 radical (unpaired) electrons. The molecule has 0 atom stereocenters. The predicted octanol–water partition coefficient (Wildman–Crippen LogP) is 1.84. The van der Waals surface area contributed by atoms with Gasteiger partial charge in [-0.15, -0.1) is 0 Å². The van der Waals surface area contributed by atoms with Crippen LogP contribution in [0.4, 0.5) is 0 Å². The van der Waals surface area contributed by atoms with E-state index >= 15 is 0 Å². The molecule has 0 amide bonds. The average Bonchev–Trinajstić information content (AvgIpc) is 3.40. The summed E-state index contributed by atoms with van der Waals surface area (Å²) >= 11 is 0. The average molecular weight is 389 g/mol. The fraction of sp³-hybridized carbons (Fsp3) is 0.474. The minimum Gasteiger partial charge on any atom is -0.480 e. The summed E-state index contributed by atoms with van der Waals surface area (Å²) in [6, 6.07) is 6.83. The van der Waals surface area contributed by atoms with Crippen molar-refractivity contribution in [3.8, 4) is 0 Å².